The van der Waals surface area contributed by atoms with E-state index in [2.05, 4.69) is 41.0 Å². The zero-order valence-electron chi connectivity index (χ0n) is 17.0. The number of aryl methyl sites for hydroxylation is 1. The monoisotopic (exact) mass is 387 g/mol. The number of amides is 1. The highest BCUT2D eigenvalue weighted by Gasteiger charge is 2.26. The third-order valence-corrected chi connectivity index (χ3v) is 5.94. The summed E-state index contributed by atoms with van der Waals surface area (Å²) < 4.78 is 0. The molecule has 2 aliphatic rings. The van der Waals surface area contributed by atoms with Crippen LogP contribution in [0.1, 0.15) is 36.8 Å². The summed E-state index contributed by atoms with van der Waals surface area (Å²) in [5.41, 5.74) is 2.62. The summed E-state index contributed by atoms with van der Waals surface area (Å²) in [5.74, 6) is -0.102. The Morgan fingerprint density at radius 3 is 2.61 bits per heavy atom. The Kier molecular flexibility index (Phi) is 7.45. The smallest absolute Gasteiger partial charge is 0.303 e. The molecule has 0 spiro atoms. The van der Waals surface area contributed by atoms with Gasteiger partial charge in [0.05, 0.1) is 6.54 Å². The molecule has 0 saturated carbocycles. The molecule has 2 fully saturated rings. The Morgan fingerprint density at radius 1 is 1.11 bits per heavy atom. The summed E-state index contributed by atoms with van der Waals surface area (Å²) in [6.45, 7) is 8.76. The topological polar surface area (TPSA) is 64.1 Å². The van der Waals surface area contributed by atoms with Crippen molar-refractivity contribution in [2.24, 2.45) is 5.92 Å². The summed E-state index contributed by atoms with van der Waals surface area (Å²) >= 11 is 0. The van der Waals surface area contributed by atoms with Crippen molar-refractivity contribution in [1.29, 1.82) is 0 Å². The van der Waals surface area contributed by atoms with Gasteiger partial charge in [0.15, 0.2) is 0 Å². The van der Waals surface area contributed by atoms with Crippen LogP contribution < -0.4 is 0 Å². The second-order valence-corrected chi connectivity index (χ2v) is 8.32. The number of piperidine rings is 1. The normalized spacial score (nSPS) is 21.6. The molecule has 0 aromatic heterocycles. The average molecular weight is 388 g/mol. The molecule has 154 valence electrons. The van der Waals surface area contributed by atoms with Crippen molar-refractivity contribution in [3.63, 3.8) is 0 Å². The fourth-order valence-electron chi connectivity index (χ4n) is 4.37. The van der Waals surface area contributed by atoms with Crippen LogP contribution in [-0.4, -0.2) is 77.5 Å². The quantitative estimate of drug-likeness (QED) is 0.777. The first-order valence-corrected chi connectivity index (χ1v) is 10.5. The van der Waals surface area contributed by atoms with Gasteiger partial charge >= 0.3 is 5.97 Å². The lowest BCUT2D eigenvalue weighted by atomic mass is 9.93. The standard InChI is InChI=1S/C22H33N3O3/c1-18-4-2-5-20(14-18)16-23-10-12-25(13-11-23)21(26)17-24-9-3-6-19(15-24)7-8-22(27)28/h2,4-5,14,19H,3,6-13,15-17H2,1H3,(H,27,28). The molecule has 1 atom stereocenters. The van der Waals surface area contributed by atoms with E-state index in [1.54, 1.807) is 0 Å². The molecule has 2 heterocycles. The molecule has 3 rings (SSSR count). The maximum absolute atomic E-state index is 12.7. The van der Waals surface area contributed by atoms with Crippen LogP contribution in [0, 0.1) is 12.8 Å². The van der Waals surface area contributed by atoms with Gasteiger partial charge in [0.2, 0.25) is 5.91 Å². The van der Waals surface area contributed by atoms with Crippen molar-refractivity contribution in [2.45, 2.75) is 39.2 Å². The number of carbonyl (C=O) groups is 2. The molecular formula is C22H33N3O3. The first-order valence-electron chi connectivity index (χ1n) is 10.5. The lowest BCUT2D eigenvalue weighted by molar-refractivity contribution is -0.138. The Balaban J connectivity index is 1.40. The molecule has 1 unspecified atom stereocenters. The van der Waals surface area contributed by atoms with Crippen LogP contribution >= 0.6 is 0 Å². The molecule has 0 radical (unpaired) electrons. The number of hydrogen-bond donors (Lipinski definition) is 1. The van der Waals surface area contributed by atoms with Gasteiger partial charge in [0.25, 0.3) is 0 Å². The molecule has 1 aromatic carbocycles. The summed E-state index contributed by atoms with van der Waals surface area (Å²) in [6.07, 6.45) is 3.09. The van der Waals surface area contributed by atoms with Crippen LogP contribution in [0.15, 0.2) is 24.3 Å². The second-order valence-electron chi connectivity index (χ2n) is 8.32. The predicted molar refractivity (Wildman–Crippen MR) is 109 cm³/mol. The number of hydrogen-bond acceptors (Lipinski definition) is 4. The maximum atomic E-state index is 12.7. The number of likely N-dealkylation sites (tertiary alicyclic amines) is 1. The fraction of sp³-hybridized carbons (Fsp3) is 0.636. The largest absolute Gasteiger partial charge is 0.481 e. The third kappa shape index (κ3) is 6.31. The van der Waals surface area contributed by atoms with Crippen LogP contribution in [-0.2, 0) is 16.1 Å². The minimum absolute atomic E-state index is 0.217. The molecule has 6 heteroatoms. The van der Waals surface area contributed by atoms with Crippen molar-refractivity contribution in [3.8, 4) is 0 Å². The minimum Gasteiger partial charge on any atom is -0.481 e. The van der Waals surface area contributed by atoms with Crippen LogP contribution in [0.25, 0.3) is 0 Å². The van der Waals surface area contributed by atoms with E-state index < -0.39 is 5.97 Å². The zero-order valence-corrected chi connectivity index (χ0v) is 17.0. The van der Waals surface area contributed by atoms with Gasteiger partial charge in [0, 0.05) is 45.7 Å². The Bertz CT molecular complexity index is 671. The SMILES string of the molecule is Cc1cccc(CN2CCN(C(=O)CN3CCCC(CCC(=O)O)C3)CC2)c1. The maximum Gasteiger partial charge on any atom is 0.303 e. The number of piperazine rings is 1. The molecule has 2 aliphatic heterocycles. The summed E-state index contributed by atoms with van der Waals surface area (Å²) in [5, 5.41) is 8.88. The van der Waals surface area contributed by atoms with E-state index in [1.807, 2.05) is 4.90 Å². The summed E-state index contributed by atoms with van der Waals surface area (Å²) in [4.78, 5) is 30.1. The first kappa shape index (κ1) is 20.8. The number of carboxylic acids is 1. The van der Waals surface area contributed by atoms with Crippen LogP contribution in [0.2, 0.25) is 0 Å². The molecule has 6 nitrogen and oxygen atoms in total. The Hall–Kier alpha value is -1.92. The van der Waals surface area contributed by atoms with Gasteiger partial charge < -0.3 is 10.0 Å². The van der Waals surface area contributed by atoms with Crippen molar-refractivity contribution in [1.82, 2.24) is 14.7 Å². The number of carbonyl (C=O) groups excluding carboxylic acids is 1. The highest BCUT2D eigenvalue weighted by atomic mass is 16.4. The average Bonchev–Trinajstić information content (AvgIpc) is 2.67. The van der Waals surface area contributed by atoms with E-state index in [9.17, 15) is 9.59 Å². The Morgan fingerprint density at radius 2 is 1.89 bits per heavy atom. The molecule has 1 amide bonds. The Labute approximate surface area is 168 Å². The van der Waals surface area contributed by atoms with Gasteiger partial charge in [-0.3, -0.25) is 19.4 Å². The van der Waals surface area contributed by atoms with Crippen molar-refractivity contribution >= 4 is 11.9 Å². The zero-order chi connectivity index (χ0) is 19.9. The highest BCUT2D eigenvalue weighted by molar-refractivity contribution is 5.78. The number of carboxylic acid groups (broad SMARTS) is 1. The van der Waals surface area contributed by atoms with Gasteiger partial charge in [-0.15, -0.1) is 0 Å². The van der Waals surface area contributed by atoms with Gasteiger partial charge in [-0.2, -0.15) is 0 Å². The van der Waals surface area contributed by atoms with Crippen molar-refractivity contribution < 1.29 is 14.7 Å². The lowest BCUT2D eigenvalue weighted by Crippen LogP contribution is -2.51. The van der Waals surface area contributed by atoms with E-state index in [0.29, 0.717) is 12.5 Å². The van der Waals surface area contributed by atoms with Crippen molar-refractivity contribution in [3.05, 3.63) is 35.4 Å². The van der Waals surface area contributed by atoms with Gasteiger partial charge in [-0.1, -0.05) is 29.8 Å². The van der Waals surface area contributed by atoms with E-state index in [4.69, 9.17) is 5.11 Å². The molecule has 1 aromatic rings. The first-order chi connectivity index (χ1) is 13.5. The summed E-state index contributed by atoms with van der Waals surface area (Å²) in [7, 11) is 0. The van der Waals surface area contributed by atoms with Gasteiger partial charge in [0.1, 0.15) is 0 Å². The third-order valence-electron chi connectivity index (χ3n) is 5.94. The lowest BCUT2D eigenvalue weighted by Gasteiger charge is -2.37. The van der Waals surface area contributed by atoms with E-state index >= 15 is 0 Å². The molecule has 0 aliphatic carbocycles. The molecule has 28 heavy (non-hydrogen) atoms. The number of aliphatic carboxylic acids is 1. The van der Waals surface area contributed by atoms with E-state index in [0.717, 1.165) is 65.1 Å². The van der Waals surface area contributed by atoms with E-state index in [-0.39, 0.29) is 12.3 Å². The number of nitrogens with zero attached hydrogens (tertiary/aromatic N) is 3. The molecule has 1 N–H and O–H groups in total. The highest BCUT2D eigenvalue weighted by Crippen LogP contribution is 2.21. The van der Waals surface area contributed by atoms with Crippen LogP contribution in [0.5, 0.6) is 0 Å². The summed E-state index contributed by atoms with van der Waals surface area (Å²) in [6, 6.07) is 8.62. The van der Waals surface area contributed by atoms with Crippen molar-refractivity contribution in [2.75, 3.05) is 45.8 Å². The van der Waals surface area contributed by atoms with Gasteiger partial charge in [-0.25, -0.2) is 0 Å². The van der Waals surface area contributed by atoms with Crippen LogP contribution in [0.3, 0.4) is 0 Å². The number of rotatable bonds is 7. The fourth-order valence-corrected chi connectivity index (χ4v) is 4.37. The minimum atomic E-state index is -0.725. The van der Waals surface area contributed by atoms with Gasteiger partial charge in [-0.05, 0) is 44.2 Å². The molecule has 2 saturated heterocycles. The second kappa shape index (κ2) is 10.0. The molecular weight excluding hydrogens is 354 g/mol. The van der Waals surface area contributed by atoms with E-state index in [1.165, 1.54) is 11.1 Å². The number of benzene rings is 1. The molecule has 0 bridgehead atoms. The predicted octanol–water partition coefficient (Wildman–Crippen LogP) is 2.22. The van der Waals surface area contributed by atoms with Crippen LogP contribution in [0.4, 0.5) is 0 Å².